The highest BCUT2D eigenvalue weighted by atomic mass is 35.5. The van der Waals surface area contributed by atoms with Crippen LogP contribution in [-0.2, 0) is 16.9 Å². The van der Waals surface area contributed by atoms with Crippen molar-refractivity contribution in [2.75, 3.05) is 13.2 Å². The number of hydrogen-bond donors (Lipinski definition) is 4. The van der Waals surface area contributed by atoms with Crippen molar-refractivity contribution in [3.05, 3.63) is 38.8 Å². The number of aromatic nitrogens is 2. The number of urea groups is 1. The van der Waals surface area contributed by atoms with Gasteiger partial charge in [-0.3, -0.25) is 19.7 Å². The van der Waals surface area contributed by atoms with E-state index in [9.17, 15) is 19.2 Å². The molecule has 27 heavy (non-hydrogen) atoms. The SMILES string of the molecule is O=C1NC(=O)C2(CCn3c(=O)c(C(=O)NCCO)nc4cc(Cl)cc2c43)N1. The van der Waals surface area contributed by atoms with Crippen molar-refractivity contribution >= 4 is 40.5 Å². The van der Waals surface area contributed by atoms with E-state index in [1.54, 1.807) is 0 Å². The summed E-state index contributed by atoms with van der Waals surface area (Å²) in [5.74, 6) is -1.24. The summed E-state index contributed by atoms with van der Waals surface area (Å²) in [4.78, 5) is 53.3. The number of benzene rings is 1. The predicted molar refractivity (Wildman–Crippen MR) is 93.4 cm³/mol. The van der Waals surface area contributed by atoms with Crippen LogP contribution >= 0.6 is 11.6 Å². The second-order valence-electron chi connectivity index (χ2n) is 6.28. The highest BCUT2D eigenvalue weighted by Crippen LogP contribution is 2.38. The lowest BCUT2D eigenvalue weighted by molar-refractivity contribution is -0.124. The van der Waals surface area contributed by atoms with Gasteiger partial charge in [-0.1, -0.05) is 11.6 Å². The highest BCUT2D eigenvalue weighted by Gasteiger charge is 2.50. The topological polar surface area (TPSA) is 142 Å². The molecule has 1 spiro atoms. The van der Waals surface area contributed by atoms with Crippen LogP contribution in [0.5, 0.6) is 0 Å². The van der Waals surface area contributed by atoms with Crippen molar-refractivity contribution in [3.63, 3.8) is 0 Å². The normalized spacial score (nSPS) is 20.7. The summed E-state index contributed by atoms with van der Waals surface area (Å²) >= 11 is 6.17. The van der Waals surface area contributed by atoms with Gasteiger partial charge in [-0.2, -0.15) is 0 Å². The first-order valence-electron chi connectivity index (χ1n) is 8.14. The lowest BCUT2D eigenvalue weighted by atomic mass is 9.83. The summed E-state index contributed by atoms with van der Waals surface area (Å²) in [5.41, 5.74) is -1.35. The van der Waals surface area contributed by atoms with Gasteiger partial charge in [0, 0.05) is 30.1 Å². The van der Waals surface area contributed by atoms with E-state index in [1.807, 2.05) is 0 Å². The summed E-state index contributed by atoms with van der Waals surface area (Å²) < 4.78 is 1.35. The maximum Gasteiger partial charge on any atom is 0.322 e. The Balaban J connectivity index is 1.98. The van der Waals surface area contributed by atoms with Crippen LogP contribution in [0.2, 0.25) is 5.02 Å². The van der Waals surface area contributed by atoms with E-state index >= 15 is 0 Å². The first-order chi connectivity index (χ1) is 12.9. The number of nitrogens with zero attached hydrogens (tertiary/aromatic N) is 2. The molecule has 11 heteroatoms. The molecule has 1 unspecified atom stereocenters. The Kier molecular flexibility index (Phi) is 3.89. The number of nitrogens with one attached hydrogen (secondary N) is 3. The van der Waals surface area contributed by atoms with Crippen LogP contribution < -0.4 is 21.5 Å². The maximum atomic E-state index is 12.8. The van der Waals surface area contributed by atoms with Gasteiger partial charge in [-0.05, 0) is 12.1 Å². The van der Waals surface area contributed by atoms with Crippen molar-refractivity contribution < 1.29 is 19.5 Å². The number of carbonyl (C=O) groups excluding carboxylic acids is 3. The van der Waals surface area contributed by atoms with E-state index in [-0.39, 0.29) is 42.4 Å². The molecule has 0 bridgehead atoms. The number of imide groups is 1. The molecule has 0 aliphatic carbocycles. The Labute approximate surface area is 156 Å². The smallest absolute Gasteiger partial charge is 0.322 e. The van der Waals surface area contributed by atoms with Crippen molar-refractivity contribution in [3.8, 4) is 0 Å². The number of rotatable bonds is 3. The lowest BCUT2D eigenvalue weighted by Gasteiger charge is -2.33. The monoisotopic (exact) mass is 391 g/mol. The Morgan fingerprint density at radius 1 is 1.37 bits per heavy atom. The molecule has 0 radical (unpaired) electrons. The van der Waals surface area contributed by atoms with Gasteiger partial charge in [-0.15, -0.1) is 0 Å². The molecule has 0 saturated carbocycles. The fraction of sp³-hybridized carbons (Fsp3) is 0.312. The molecule has 2 aliphatic heterocycles. The van der Waals surface area contributed by atoms with Gasteiger partial charge >= 0.3 is 6.03 Å². The van der Waals surface area contributed by atoms with Crippen molar-refractivity contribution in [2.45, 2.75) is 18.5 Å². The summed E-state index contributed by atoms with van der Waals surface area (Å²) in [7, 11) is 0. The summed E-state index contributed by atoms with van der Waals surface area (Å²) in [5, 5.41) is 16.3. The van der Waals surface area contributed by atoms with Crippen molar-refractivity contribution in [1.82, 2.24) is 25.5 Å². The second-order valence-corrected chi connectivity index (χ2v) is 6.72. The van der Waals surface area contributed by atoms with E-state index < -0.39 is 28.9 Å². The van der Waals surface area contributed by atoms with E-state index in [4.69, 9.17) is 16.7 Å². The Hall–Kier alpha value is -2.98. The number of halogens is 1. The van der Waals surface area contributed by atoms with Crippen LogP contribution in [0, 0.1) is 0 Å². The quantitative estimate of drug-likeness (QED) is 0.505. The zero-order valence-corrected chi connectivity index (χ0v) is 14.6. The average molecular weight is 392 g/mol. The fourth-order valence-corrected chi connectivity index (χ4v) is 3.78. The predicted octanol–water partition coefficient (Wildman–Crippen LogP) is -0.790. The third-order valence-corrected chi connectivity index (χ3v) is 4.95. The summed E-state index contributed by atoms with van der Waals surface area (Å²) in [6.07, 6.45) is 0.120. The molecule has 4 rings (SSSR count). The first-order valence-corrected chi connectivity index (χ1v) is 8.52. The van der Waals surface area contributed by atoms with Crippen LogP contribution in [0.25, 0.3) is 11.0 Å². The van der Waals surface area contributed by atoms with Gasteiger partial charge < -0.3 is 20.3 Å². The number of amides is 4. The standard InChI is InChI=1S/C16H14ClN5O5/c17-7-5-8-11-9(6-7)19-10(12(24)18-2-4-23)13(25)22(11)3-1-16(8)14(26)20-15(27)21-16/h5-6,23H,1-4H2,(H,18,24)(H2,20,21,26,27). The van der Waals surface area contributed by atoms with E-state index in [0.717, 1.165) is 0 Å². The number of aliphatic hydroxyl groups excluding tert-OH is 1. The average Bonchev–Trinajstić information content (AvgIpc) is 2.91. The minimum absolute atomic E-state index is 0.0197. The zero-order valence-electron chi connectivity index (χ0n) is 13.8. The Morgan fingerprint density at radius 2 is 2.15 bits per heavy atom. The largest absolute Gasteiger partial charge is 0.395 e. The minimum Gasteiger partial charge on any atom is -0.395 e. The number of carbonyl (C=O) groups is 3. The molecule has 1 atom stereocenters. The lowest BCUT2D eigenvalue weighted by Crippen LogP contribution is -2.49. The second kappa shape index (κ2) is 6.03. The Morgan fingerprint density at radius 3 is 2.81 bits per heavy atom. The molecular weight excluding hydrogens is 378 g/mol. The van der Waals surface area contributed by atoms with E-state index in [1.165, 1.54) is 16.7 Å². The molecule has 1 aromatic carbocycles. The molecule has 4 N–H and O–H groups in total. The van der Waals surface area contributed by atoms with Crippen molar-refractivity contribution in [2.24, 2.45) is 0 Å². The molecule has 4 amide bonds. The van der Waals surface area contributed by atoms with Gasteiger partial charge in [-0.25, -0.2) is 9.78 Å². The Bertz CT molecular complexity index is 1080. The fourth-order valence-electron chi connectivity index (χ4n) is 3.56. The zero-order chi connectivity index (χ0) is 19.3. The number of aryl methyl sites for hydroxylation is 1. The van der Waals surface area contributed by atoms with Crippen LogP contribution in [0.15, 0.2) is 16.9 Å². The van der Waals surface area contributed by atoms with Crippen LogP contribution in [-0.4, -0.2) is 45.7 Å². The summed E-state index contributed by atoms with van der Waals surface area (Å²) in [6, 6.07) is 2.36. The molecular formula is C16H14ClN5O5. The van der Waals surface area contributed by atoms with Crippen molar-refractivity contribution in [1.29, 1.82) is 0 Å². The number of hydrogen-bond acceptors (Lipinski definition) is 6. The summed E-state index contributed by atoms with van der Waals surface area (Å²) in [6.45, 7) is -0.199. The van der Waals surface area contributed by atoms with Crippen LogP contribution in [0.1, 0.15) is 22.5 Å². The molecule has 1 aromatic heterocycles. The highest BCUT2D eigenvalue weighted by molar-refractivity contribution is 6.31. The van der Waals surface area contributed by atoms with E-state index in [2.05, 4.69) is 20.9 Å². The molecule has 2 aromatic rings. The third-order valence-electron chi connectivity index (χ3n) is 4.73. The maximum absolute atomic E-state index is 12.8. The van der Waals surface area contributed by atoms with Gasteiger partial charge in [0.25, 0.3) is 17.4 Å². The van der Waals surface area contributed by atoms with Crippen LogP contribution in [0.4, 0.5) is 4.79 Å². The minimum atomic E-state index is -1.34. The number of aliphatic hydroxyl groups is 1. The molecule has 3 heterocycles. The molecule has 2 aliphatic rings. The first kappa shape index (κ1) is 17.4. The van der Waals surface area contributed by atoms with Gasteiger partial charge in [0.15, 0.2) is 5.69 Å². The van der Waals surface area contributed by atoms with E-state index in [0.29, 0.717) is 11.1 Å². The molecule has 140 valence electrons. The van der Waals surface area contributed by atoms with Gasteiger partial charge in [0.1, 0.15) is 5.54 Å². The van der Waals surface area contributed by atoms with Gasteiger partial charge in [0.2, 0.25) is 0 Å². The molecule has 10 nitrogen and oxygen atoms in total. The van der Waals surface area contributed by atoms with Crippen LogP contribution in [0.3, 0.4) is 0 Å². The number of fused-ring (bicyclic) bond motifs is 1. The molecule has 1 fully saturated rings. The third kappa shape index (κ3) is 2.48. The van der Waals surface area contributed by atoms with Gasteiger partial charge in [0.05, 0.1) is 17.6 Å². The molecule has 1 saturated heterocycles.